The van der Waals surface area contributed by atoms with E-state index in [9.17, 15) is 9.59 Å². The molecule has 0 atom stereocenters. The van der Waals surface area contributed by atoms with Crippen molar-refractivity contribution >= 4 is 50.7 Å². The van der Waals surface area contributed by atoms with Crippen molar-refractivity contribution in [3.8, 4) is 33.1 Å². The summed E-state index contributed by atoms with van der Waals surface area (Å²) < 4.78 is 0. The molecule has 9 nitrogen and oxygen atoms in total. The molecule has 3 N–H and O–H groups in total. The third-order valence-corrected chi connectivity index (χ3v) is 7.50. The molecular formula is C28H23N7O2S. The number of hydrogen-bond donors (Lipinski definition) is 3. The molecule has 0 saturated heterocycles. The second-order valence-electron chi connectivity index (χ2n) is 9.32. The van der Waals surface area contributed by atoms with E-state index in [0.717, 1.165) is 54.2 Å². The molecule has 0 bridgehead atoms. The fourth-order valence-electron chi connectivity index (χ4n) is 4.26. The minimum atomic E-state index is -0.135. The number of nitrogens with one attached hydrogen (secondary N) is 3. The van der Waals surface area contributed by atoms with Gasteiger partial charge in [0.2, 0.25) is 5.91 Å². The molecular weight excluding hydrogens is 498 g/mol. The molecule has 10 heteroatoms. The van der Waals surface area contributed by atoms with Gasteiger partial charge in [-0.15, -0.1) is 11.3 Å². The van der Waals surface area contributed by atoms with Crippen LogP contribution in [0.1, 0.15) is 30.4 Å². The van der Waals surface area contributed by atoms with Gasteiger partial charge in [-0.1, -0.05) is 13.8 Å². The van der Waals surface area contributed by atoms with Crippen molar-refractivity contribution in [2.45, 2.75) is 20.8 Å². The highest BCUT2D eigenvalue weighted by atomic mass is 32.1. The van der Waals surface area contributed by atoms with Crippen molar-refractivity contribution in [2.75, 3.05) is 5.32 Å². The number of pyridine rings is 3. The van der Waals surface area contributed by atoms with E-state index in [1.165, 1.54) is 11.3 Å². The number of H-pyrrole nitrogens is 2. The number of aromatic amines is 2. The van der Waals surface area contributed by atoms with Crippen molar-refractivity contribution in [3.05, 3.63) is 66.1 Å². The molecule has 0 radical (unpaired) electrons. The number of carbonyl (C=O) groups excluding carboxylic acids is 2. The number of fused-ring (bicyclic) bond motifs is 2. The van der Waals surface area contributed by atoms with Crippen LogP contribution in [-0.4, -0.2) is 41.8 Å². The zero-order chi connectivity index (χ0) is 26.4. The molecule has 6 aromatic rings. The minimum absolute atomic E-state index is 0.0525. The van der Waals surface area contributed by atoms with Crippen LogP contribution in [-0.2, 0) is 4.79 Å². The second-order valence-corrected chi connectivity index (χ2v) is 10.4. The summed E-state index contributed by atoms with van der Waals surface area (Å²) >= 11 is 1.47. The standard InChI is InChI=1S/C28H23N7O2S/c1-14(2)28(37)32-17-8-16(11-29-12-17)21-10-20-23(13-31-21)34-35-26(20)22-9-19-18(6-7-30-27(19)33-22)25-5-4-24(38-25)15(3)36/h4-14H,1-3H3,(H,30,33)(H,32,37)(H,34,35). The maximum atomic E-state index is 12.1. The lowest BCUT2D eigenvalue weighted by atomic mass is 10.1. The summed E-state index contributed by atoms with van der Waals surface area (Å²) in [4.78, 5) is 42.5. The largest absolute Gasteiger partial charge is 0.338 e. The summed E-state index contributed by atoms with van der Waals surface area (Å²) in [6, 6.07) is 11.6. The highest BCUT2D eigenvalue weighted by molar-refractivity contribution is 7.17. The van der Waals surface area contributed by atoms with Crippen molar-refractivity contribution in [2.24, 2.45) is 5.92 Å². The van der Waals surface area contributed by atoms with Gasteiger partial charge < -0.3 is 10.3 Å². The number of carbonyl (C=O) groups is 2. The predicted octanol–water partition coefficient (Wildman–Crippen LogP) is 6.09. The Kier molecular flexibility index (Phi) is 5.80. The number of ketones is 1. The van der Waals surface area contributed by atoms with Crippen LogP contribution in [0.3, 0.4) is 0 Å². The highest BCUT2D eigenvalue weighted by Crippen LogP contribution is 2.36. The summed E-state index contributed by atoms with van der Waals surface area (Å²) in [6.45, 7) is 5.26. The number of hydrogen-bond acceptors (Lipinski definition) is 7. The molecule has 1 amide bonds. The maximum absolute atomic E-state index is 12.1. The molecule has 0 aromatic carbocycles. The van der Waals surface area contributed by atoms with Crippen LogP contribution in [0.25, 0.3) is 55.0 Å². The first-order valence-corrected chi connectivity index (χ1v) is 12.9. The van der Waals surface area contributed by atoms with Gasteiger partial charge in [-0.05, 0) is 43.3 Å². The molecule has 6 rings (SSSR count). The number of Topliss-reactive ketones (excluding diaryl/α,β-unsaturated/α-hetero) is 1. The van der Waals surface area contributed by atoms with E-state index in [1.54, 1.807) is 31.7 Å². The molecule has 188 valence electrons. The van der Waals surface area contributed by atoms with Crippen LogP contribution < -0.4 is 5.32 Å². The van der Waals surface area contributed by atoms with Gasteiger partial charge in [-0.3, -0.25) is 24.7 Å². The molecule has 6 aromatic heterocycles. The Labute approximate surface area is 221 Å². The van der Waals surface area contributed by atoms with Crippen LogP contribution >= 0.6 is 11.3 Å². The first kappa shape index (κ1) is 23.7. The summed E-state index contributed by atoms with van der Waals surface area (Å²) in [7, 11) is 0. The van der Waals surface area contributed by atoms with E-state index in [1.807, 2.05) is 50.2 Å². The van der Waals surface area contributed by atoms with E-state index in [-0.39, 0.29) is 17.6 Å². The number of amides is 1. The second kappa shape index (κ2) is 9.31. The van der Waals surface area contributed by atoms with Gasteiger partial charge >= 0.3 is 0 Å². The normalized spacial score (nSPS) is 11.5. The van der Waals surface area contributed by atoms with Crippen LogP contribution in [0.4, 0.5) is 5.69 Å². The van der Waals surface area contributed by atoms with E-state index >= 15 is 0 Å². The molecule has 6 heterocycles. The van der Waals surface area contributed by atoms with Gasteiger partial charge in [-0.25, -0.2) is 4.98 Å². The number of thiophene rings is 1. The molecule has 0 fully saturated rings. The van der Waals surface area contributed by atoms with Crippen molar-refractivity contribution < 1.29 is 9.59 Å². The van der Waals surface area contributed by atoms with E-state index < -0.39 is 0 Å². The summed E-state index contributed by atoms with van der Waals surface area (Å²) in [5, 5.41) is 12.3. The lowest BCUT2D eigenvalue weighted by Gasteiger charge is -2.08. The number of nitrogens with zero attached hydrogens (tertiary/aromatic N) is 4. The lowest BCUT2D eigenvalue weighted by Crippen LogP contribution is -2.17. The zero-order valence-corrected chi connectivity index (χ0v) is 21.7. The van der Waals surface area contributed by atoms with Gasteiger partial charge in [0.15, 0.2) is 5.78 Å². The monoisotopic (exact) mass is 521 g/mol. The molecule has 0 saturated carbocycles. The molecule has 0 aliphatic carbocycles. The van der Waals surface area contributed by atoms with Gasteiger partial charge in [-0.2, -0.15) is 5.10 Å². The number of rotatable bonds is 6. The van der Waals surface area contributed by atoms with E-state index in [2.05, 4.69) is 35.5 Å². The zero-order valence-electron chi connectivity index (χ0n) is 20.9. The topological polar surface area (TPSA) is 129 Å². The Bertz CT molecular complexity index is 1850. The SMILES string of the molecule is CC(=O)c1ccc(-c2ccnc3[nH]c(-c4n[nH]c5cnc(-c6cncc(NC(=O)C(C)C)c6)cc45)cc23)s1. The fraction of sp³-hybridized carbons (Fsp3) is 0.143. The van der Waals surface area contributed by atoms with Crippen molar-refractivity contribution in [1.29, 1.82) is 0 Å². The summed E-state index contributed by atoms with van der Waals surface area (Å²) in [5.41, 5.74) is 6.17. The molecule has 0 spiro atoms. The Morgan fingerprint density at radius 2 is 1.87 bits per heavy atom. The average Bonchev–Trinajstić information content (AvgIpc) is 3.66. The highest BCUT2D eigenvalue weighted by Gasteiger charge is 2.17. The Morgan fingerprint density at radius 1 is 1.00 bits per heavy atom. The number of aromatic nitrogens is 6. The Balaban J connectivity index is 1.40. The molecule has 38 heavy (non-hydrogen) atoms. The van der Waals surface area contributed by atoms with Crippen LogP contribution in [0.2, 0.25) is 0 Å². The summed E-state index contributed by atoms with van der Waals surface area (Å²) in [5.74, 6) is -0.156. The summed E-state index contributed by atoms with van der Waals surface area (Å²) in [6.07, 6.45) is 6.83. The van der Waals surface area contributed by atoms with Gasteiger partial charge in [0.1, 0.15) is 11.3 Å². The van der Waals surface area contributed by atoms with Crippen LogP contribution in [0.15, 0.2) is 61.2 Å². The first-order chi connectivity index (χ1) is 18.4. The third-order valence-electron chi connectivity index (χ3n) is 6.28. The Morgan fingerprint density at radius 3 is 2.66 bits per heavy atom. The van der Waals surface area contributed by atoms with Crippen LogP contribution in [0.5, 0.6) is 0 Å². The van der Waals surface area contributed by atoms with Crippen molar-refractivity contribution in [1.82, 2.24) is 30.1 Å². The minimum Gasteiger partial charge on any atom is -0.338 e. The van der Waals surface area contributed by atoms with E-state index in [0.29, 0.717) is 11.4 Å². The Hall–Kier alpha value is -4.70. The van der Waals surface area contributed by atoms with E-state index in [4.69, 9.17) is 0 Å². The van der Waals surface area contributed by atoms with Gasteiger partial charge in [0.25, 0.3) is 0 Å². The number of anilines is 1. The maximum Gasteiger partial charge on any atom is 0.226 e. The van der Waals surface area contributed by atoms with Gasteiger partial charge in [0, 0.05) is 45.1 Å². The first-order valence-electron chi connectivity index (χ1n) is 12.1. The van der Waals surface area contributed by atoms with Crippen LogP contribution in [0, 0.1) is 5.92 Å². The lowest BCUT2D eigenvalue weighted by molar-refractivity contribution is -0.118. The average molecular weight is 522 g/mol. The smallest absolute Gasteiger partial charge is 0.226 e. The molecule has 0 unspecified atom stereocenters. The van der Waals surface area contributed by atoms with Crippen molar-refractivity contribution in [3.63, 3.8) is 0 Å². The molecule has 0 aliphatic heterocycles. The third kappa shape index (κ3) is 4.24. The fourth-order valence-corrected chi connectivity index (χ4v) is 5.20. The van der Waals surface area contributed by atoms with Gasteiger partial charge in [0.05, 0.1) is 39.9 Å². The molecule has 0 aliphatic rings. The quantitative estimate of drug-likeness (QED) is 0.228. The predicted molar refractivity (Wildman–Crippen MR) is 149 cm³/mol.